The number of halogens is 2. The standard InChI is InChI=1S/C20H16F2N4O2S/c21-14-11-16-17(12-15(14)22)29-20(24-16)25-18(27)7-8-19(28)26(10-4-9-23)13-5-2-1-3-6-13/h1-3,5-6,11-12H,4,7-8,10H2,(H,24,25,27). The maximum absolute atomic E-state index is 13.3. The number of carbonyl (C=O) groups excluding carboxylic acids is 2. The van der Waals surface area contributed by atoms with Crippen molar-refractivity contribution in [3.05, 3.63) is 54.1 Å². The van der Waals surface area contributed by atoms with Gasteiger partial charge in [0.15, 0.2) is 16.8 Å². The molecule has 0 saturated carbocycles. The van der Waals surface area contributed by atoms with Crippen molar-refractivity contribution in [2.24, 2.45) is 0 Å². The number of hydrogen-bond donors (Lipinski definition) is 1. The summed E-state index contributed by atoms with van der Waals surface area (Å²) in [5.74, 6) is -2.71. The van der Waals surface area contributed by atoms with Crippen molar-refractivity contribution >= 4 is 44.2 Å². The third-order valence-electron chi connectivity index (χ3n) is 4.06. The van der Waals surface area contributed by atoms with Crippen LogP contribution in [0.5, 0.6) is 0 Å². The van der Waals surface area contributed by atoms with E-state index in [0.717, 1.165) is 23.5 Å². The molecule has 148 valence electrons. The molecule has 0 spiro atoms. The number of carbonyl (C=O) groups is 2. The molecule has 0 fully saturated rings. The van der Waals surface area contributed by atoms with E-state index in [1.54, 1.807) is 24.3 Å². The third-order valence-corrected chi connectivity index (χ3v) is 4.99. The molecule has 3 aromatic rings. The fourth-order valence-corrected chi connectivity index (χ4v) is 3.57. The van der Waals surface area contributed by atoms with E-state index in [1.165, 1.54) is 4.90 Å². The molecule has 9 heteroatoms. The zero-order valence-corrected chi connectivity index (χ0v) is 16.0. The zero-order chi connectivity index (χ0) is 20.8. The highest BCUT2D eigenvalue weighted by Crippen LogP contribution is 2.28. The van der Waals surface area contributed by atoms with Gasteiger partial charge < -0.3 is 10.2 Å². The molecule has 3 rings (SSSR count). The molecule has 2 aromatic carbocycles. The molecule has 1 aromatic heterocycles. The highest BCUT2D eigenvalue weighted by atomic mass is 32.1. The maximum atomic E-state index is 13.3. The predicted molar refractivity (Wildman–Crippen MR) is 106 cm³/mol. The Morgan fingerprint density at radius 1 is 1.14 bits per heavy atom. The molecule has 0 aliphatic rings. The number of nitriles is 1. The summed E-state index contributed by atoms with van der Waals surface area (Å²) in [7, 11) is 0. The smallest absolute Gasteiger partial charge is 0.227 e. The first kappa shape index (κ1) is 20.4. The second kappa shape index (κ2) is 9.21. The first-order valence-corrected chi connectivity index (χ1v) is 9.57. The molecule has 0 bridgehead atoms. The van der Waals surface area contributed by atoms with Crippen molar-refractivity contribution < 1.29 is 18.4 Å². The molecule has 0 radical (unpaired) electrons. The number of benzene rings is 2. The summed E-state index contributed by atoms with van der Waals surface area (Å²) in [6.45, 7) is 0.232. The number of nitrogens with one attached hydrogen (secondary N) is 1. The van der Waals surface area contributed by atoms with Gasteiger partial charge in [0.25, 0.3) is 0 Å². The van der Waals surface area contributed by atoms with E-state index >= 15 is 0 Å². The Morgan fingerprint density at radius 2 is 1.86 bits per heavy atom. The van der Waals surface area contributed by atoms with Gasteiger partial charge in [-0.3, -0.25) is 9.59 Å². The Morgan fingerprint density at radius 3 is 2.59 bits per heavy atom. The topological polar surface area (TPSA) is 86.1 Å². The number of aromatic nitrogens is 1. The monoisotopic (exact) mass is 414 g/mol. The summed E-state index contributed by atoms with van der Waals surface area (Å²) in [6.07, 6.45) is 0.0271. The lowest BCUT2D eigenvalue weighted by molar-refractivity contribution is -0.122. The SMILES string of the molecule is N#CCCN(C(=O)CCC(=O)Nc1nc2cc(F)c(F)cc2s1)c1ccccc1. The highest BCUT2D eigenvalue weighted by Gasteiger charge is 2.17. The number of amides is 2. The van der Waals surface area contributed by atoms with E-state index in [4.69, 9.17) is 5.26 Å². The molecule has 0 aliphatic heterocycles. The van der Waals surface area contributed by atoms with Gasteiger partial charge in [-0.15, -0.1) is 0 Å². The Labute approximate surface area is 169 Å². The molecule has 0 atom stereocenters. The van der Waals surface area contributed by atoms with Crippen LogP contribution in [-0.4, -0.2) is 23.3 Å². The first-order chi connectivity index (χ1) is 14.0. The summed E-state index contributed by atoms with van der Waals surface area (Å²) in [5, 5.41) is 11.6. The summed E-state index contributed by atoms with van der Waals surface area (Å²) in [6, 6.07) is 12.9. The fourth-order valence-electron chi connectivity index (χ4n) is 2.68. The normalized spacial score (nSPS) is 10.5. The van der Waals surface area contributed by atoms with E-state index in [1.807, 2.05) is 12.1 Å². The average Bonchev–Trinajstić information content (AvgIpc) is 3.08. The number of hydrogen-bond acceptors (Lipinski definition) is 5. The third kappa shape index (κ3) is 5.12. The molecule has 29 heavy (non-hydrogen) atoms. The van der Waals surface area contributed by atoms with Gasteiger partial charge in [-0.2, -0.15) is 5.26 Å². The van der Waals surface area contributed by atoms with Gasteiger partial charge in [-0.25, -0.2) is 13.8 Å². The largest absolute Gasteiger partial charge is 0.311 e. The molecule has 1 heterocycles. The van der Waals surface area contributed by atoms with Crippen LogP contribution in [0.15, 0.2) is 42.5 Å². The summed E-state index contributed by atoms with van der Waals surface area (Å²) in [5.41, 5.74) is 0.899. The highest BCUT2D eigenvalue weighted by molar-refractivity contribution is 7.22. The van der Waals surface area contributed by atoms with Crippen molar-refractivity contribution in [3.63, 3.8) is 0 Å². The molecular weight excluding hydrogens is 398 g/mol. The van der Waals surface area contributed by atoms with E-state index < -0.39 is 17.5 Å². The molecule has 6 nitrogen and oxygen atoms in total. The summed E-state index contributed by atoms with van der Waals surface area (Å²) >= 11 is 1.02. The van der Waals surface area contributed by atoms with E-state index in [0.29, 0.717) is 10.4 Å². The minimum atomic E-state index is -1.01. The number of para-hydroxylation sites is 1. The second-order valence-electron chi connectivity index (χ2n) is 6.09. The lowest BCUT2D eigenvalue weighted by Gasteiger charge is -2.21. The van der Waals surface area contributed by atoms with Crippen molar-refractivity contribution in [1.29, 1.82) is 5.26 Å². The van der Waals surface area contributed by atoms with Crippen molar-refractivity contribution in [1.82, 2.24) is 4.98 Å². The van der Waals surface area contributed by atoms with E-state index in [-0.39, 0.29) is 42.4 Å². The maximum Gasteiger partial charge on any atom is 0.227 e. The molecular formula is C20H16F2N4O2S. The van der Waals surface area contributed by atoms with Crippen LogP contribution in [-0.2, 0) is 9.59 Å². The summed E-state index contributed by atoms with van der Waals surface area (Å²) in [4.78, 5) is 30.3. The van der Waals surface area contributed by atoms with Crippen LogP contribution in [0.4, 0.5) is 19.6 Å². The zero-order valence-electron chi connectivity index (χ0n) is 15.2. The van der Waals surface area contributed by atoms with Crippen LogP contribution < -0.4 is 10.2 Å². The van der Waals surface area contributed by atoms with Gasteiger partial charge in [0, 0.05) is 31.1 Å². The second-order valence-corrected chi connectivity index (χ2v) is 7.12. The quantitative estimate of drug-likeness (QED) is 0.627. The van der Waals surface area contributed by atoms with Gasteiger partial charge in [-0.1, -0.05) is 29.5 Å². The minimum absolute atomic E-state index is 0.0553. The first-order valence-electron chi connectivity index (χ1n) is 8.75. The Hall–Kier alpha value is -3.38. The van der Waals surface area contributed by atoms with Gasteiger partial charge in [-0.05, 0) is 18.2 Å². The minimum Gasteiger partial charge on any atom is -0.311 e. The van der Waals surface area contributed by atoms with Crippen molar-refractivity contribution in [3.8, 4) is 6.07 Å². The summed E-state index contributed by atoms with van der Waals surface area (Å²) < 4.78 is 27.0. The molecule has 2 amide bonds. The van der Waals surface area contributed by atoms with E-state index in [2.05, 4.69) is 10.3 Å². The Kier molecular flexibility index (Phi) is 6.46. The van der Waals surface area contributed by atoms with Crippen LogP contribution in [0.2, 0.25) is 0 Å². The molecule has 0 unspecified atom stereocenters. The van der Waals surface area contributed by atoms with Crippen LogP contribution in [0, 0.1) is 23.0 Å². The number of thiazole rings is 1. The number of anilines is 2. The van der Waals surface area contributed by atoms with E-state index in [9.17, 15) is 18.4 Å². The molecule has 1 N–H and O–H groups in total. The number of nitrogens with zero attached hydrogens (tertiary/aromatic N) is 3. The van der Waals surface area contributed by atoms with Gasteiger partial charge >= 0.3 is 0 Å². The van der Waals surface area contributed by atoms with Crippen LogP contribution in [0.25, 0.3) is 10.2 Å². The lowest BCUT2D eigenvalue weighted by Crippen LogP contribution is -2.32. The van der Waals surface area contributed by atoms with Crippen LogP contribution in [0.1, 0.15) is 19.3 Å². The van der Waals surface area contributed by atoms with Gasteiger partial charge in [0.05, 0.1) is 22.7 Å². The number of rotatable bonds is 7. The fraction of sp³-hybridized carbons (Fsp3) is 0.200. The van der Waals surface area contributed by atoms with Crippen molar-refractivity contribution in [2.75, 3.05) is 16.8 Å². The average molecular weight is 414 g/mol. The molecule has 0 aliphatic carbocycles. The number of fused-ring (bicyclic) bond motifs is 1. The Balaban J connectivity index is 1.61. The van der Waals surface area contributed by atoms with Crippen LogP contribution >= 0.6 is 11.3 Å². The van der Waals surface area contributed by atoms with Gasteiger partial charge in [0.2, 0.25) is 11.8 Å². The van der Waals surface area contributed by atoms with Crippen LogP contribution in [0.3, 0.4) is 0 Å². The lowest BCUT2D eigenvalue weighted by atomic mass is 10.2. The van der Waals surface area contributed by atoms with Crippen molar-refractivity contribution in [2.45, 2.75) is 19.3 Å². The predicted octanol–water partition coefficient (Wildman–Crippen LogP) is 4.24. The Bertz CT molecular complexity index is 1040. The van der Waals surface area contributed by atoms with Gasteiger partial charge in [0.1, 0.15) is 0 Å². The molecule has 0 saturated heterocycles.